The minimum absolute atomic E-state index is 0.805. The molecule has 57 heavy (non-hydrogen) atoms. The summed E-state index contributed by atoms with van der Waals surface area (Å²) >= 11 is 0. The van der Waals surface area contributed by atoms with Gasteiger partial charge in [-0.05, 0) is 119 Å². The van der Waals surface area contributed by atoms with E-state index in [4.69, 9.17) is 9.97 Å². The fourth-order valence-electron chi connectivity index (χ4n) is 7.37. The summed E-state index contributed by atoms with van der Waals surface area (Å²) in [6.45, 7) is 0. The molecule has 0 saturated heterocycles. The van der Waals surface area contributed by atoms with Gasteiger partial charge in [0.25, 0.3) is 0 Å². The van der Waals surface area contributed by atoms with Gasteiger partial charge in [-0.1, -0.05) is 54.6 Å². The lowest BCUT2D eigenvalue weighted by Gasteiger charge is -2.16. The molecule has 10 aromatic rings. The molecule has 0 unspecified atom stereocenters. The molecule has 10 rings (SSSR count). The van der Waals surface area contributed by atoms with Crippen LogP contribution in [0.1, 0.15) is 0 Å². The fourth-order valence-corrected chi connectivity index (χ4v) is 7.37. The number of hydrogen-bond acceptors (Lipinski definition) is 6. The number of nitrogens with zero attached hydrogens (tertiary/aromatic N) is 7. The molecule has 0 amide bonds. The molecule has 7 nitrogen and oxygen atoms in total. The zero-order chi connectivity index (χ0) is 38.0. The van der Waals surface area contributed by atoms with Crippen molar-refractivity contribution in [2.45, 2.75) is 0 Å². The van der Waals surface area contributed by atoms with Crippen molar-refractivity contribution in [1.29, 1.82) is 0 Å². The third kappa shape index (κ3) is 6.75. The van der Waals surface area contributed by atoms with Gasteiger partial charge in [0.15, 0.2) is 0 Å². The van der Waals surface area contributed by atoms with E-state index in [9.17, 15) is 0 Å². The molecular formula is C50H33N7. The third-order valence-corrected chi connectivity index (χ3v) is 10.1. The molecule has 0 aliphatic heterocycles. The van der Waals surface area contributed by atoms with Gasteiger partial charge >= 0.3 is 0 Å². The van der Waals surface area contributed by atoms with Crippen molar-refractivity contribution < 1.29 is 0 Å². The van der Waals surface area contributed by atoms with Crippen molar-refractivity contribution in [3.8, 4) is 84.1 Å². The van der Waals surface area contributed by atoms with Gasteiger partial charge in [-0.15, -0.1) is 0 Å². The van der Waals surface area contributed by atoms with E-state index in [0.29, 0.717) is 0 Å². The topological polar surface area (TPSA) is 82.3 Å². The van der Waals surface area contributed by atoms with Crippen LogP contribution >= 0.6 is 0 Å². The number of pyridine rings is 5. The molecule has 7 heteroatoms. The zero-order valence-electron chi connectivity index (χ0n) is 30.7. The minimum Gasteiger partial charge on any atom is -0.292 e. The molecule has 0 saturated carbocycles. The highest BCUT2D eigenvalue weighted by atomic mass is 15.1. The van der Waals surface area contributed by atoms with Crippen LogP contribution in [0.15, 0.2) is 201 Å². The first-order valence-corrected chi connectivity index (χ1v) is 18.7. The van der Waals surface area contributed by atoms with Crippen molar-refractivity contribution >= 4 is 11.0 Å². The number of hydrogen-bond donors (Lipinski definition) is 0. The fraction of sp³-hybridized carbons (Fsp3) is 0. The maximum atomic E-state index is 5.50. The summed E-state index contributed by atoms with van der Waals surface area (Å²) in [5.74, 6) is 0.819. The molecule has 6 heterocycles. The molecule has 0 atom stereocenters. The molecule has 268 valence electrons. The van der Waals surface area contributed by atoms with Crippen molar-refractivity contribution in [1.82, 2.24) is 34.5 Å². The van der Waals surface area contributed by atoms with Crippen molar-refractivity contribution in [2.75, 3.05) is 0 Å². The summed E-state index contributed by atoms with van der Waals surface area (Å²) in [5, 5.41) is 0. The zero-order valence-corrected chi connectivity index (χ0v) is 30.7. The predicted octanol–water partition coefficient (Wildman–Crippen LogP) is 11.7. The Morgan fingerprint density at radius 1 is 0.316 bits per heavy atom. The average molecular weight is 732 g/mol. The van der Waals surface area contributed by atoms with Crippen molar-refractivity contribution in [2.24, 2.45) is 0 Å². The molecule has 0 radical (unpaired) electrons. The van der Waals surface area contributed by atoms with Gasteiger partial charge in [0.05, 0.1) is 22.4 Å². The first-order valence-electron chi connectivity index (χ1n) is 18.7. The Balaban J connectivity index is 1.26. The SMILES string of the molecule is c1ccc(-n2c(-c3cc(-c4cc(-c5cccnc5)cc(-c5cccnc5)c4)nc(-c4cc(-c5cccnc5)cc(-c5cccnc5)c4)c3)nc3ccccc32)cc1. The molecule has 6 aromatic heterocycles. The van der Waals surface area contributed by atoms with Crippen LogP contribution in [0, 0.1) is 0 Å². The molecule has 0 bridgehead atoms. The van der Waals surface area contributed by atoms with Crippen LogP contribution in [0.3, 0.4) is 0 Å². The van der Waals surface area contributed by atoms with Crippen LogP contribution in [0.2, 0.25) is 0 Å². The number of aromatic nitrogens is 7. The quantitative estimate of drug-likeness (QED) is 0.155. The van der Waals surface area contributed by atoms with Gasteiger partial charge in [0, 0.05) is 94.2 Å². The molecule has 0 spiro atoms. The normalized spacial score (nSPS) is 11.2. The second-order valence-corrected chi connectivity index (χ2v) is 13.8. The number of imidazole rings is 1. The highest BCUT2D eigenvalue weighted by Gasteiger charge is 2.19. The Hall–Kier alpha value is -7.90. The van der Waals surface area contributed by atoms with Crippen LogP contribution in [0.4, 0.5) is 0 Å². The summed E-state index contributed by atoms with van der Waals surface area (Å²) in [6, 6.07) is 52.3. The summed E-state index contributed by atoms with van der Waals surface area (Å²) in [4.78, 5) is 28.6. The maximum Gasteiger partial charge on any atom is 0.145 e. The molecule has 0 fully saturated rings. The van der Waals surface area contributed by atoms with Crippen molar-refractivity contribution in [3.05, 3.63) is 201 Å². The number of fused-ring (bicyclic) bond motifs is 1. The first kappa shape index (κ1) is 33.7. The standard InChI is InChI=1S/C50H33N7/c1-2-14-45(15-3-1)57-49-17-5-4-16-46(49)56-50(57)44-28-47(42-24-38(34-10-6-18-51-30-34)22-39(25-42)35-11-7-19-52-31-35)55-48(29-44)43-26-40(36-12-8-20-53-32-36)23-41(27-43)37-13-9-21-54-33-37/h1-33H. The number of rotatable bonds is 8. The van der Waals surface area contributed by atoms with E-state index in [-0.39, 0.29) is 0 Å². The van der Waals surface area contributed by atoms with E-state index in [1.807, 2.05) is 61.2 Å². The predicted molar refractivity (Wildman–Crippen MR) is 228 cm³/mol. The Bertz CT molecular complexity index is 2730. The Labute approximate surface area is 329 Å². The second-order valence-electron chi connectivity index (χ2n) is 13.8. The highest BCUT2D eigenvalue weighted by Crippen LogP contribution is 2.39. The lowest BCUT2D eigenvalue weighted by Crippen LogP contribution is -1.99. The Kier molecular flexibility index (Phi) is 8.70. The average Bonchev–Trinajstić information content (AvgIpc) is 3.70. The third-order valence-electron chi connectivity index (χ3n) is 10.1. The van der Waals surface area contributed by atoms with E-state index in [0.717, 1.165) is 95.1 Å². The van der Waals surface area contributed by atoms with E-state index in [1.165, 1.54) is 0 Å². The molecule has 0 N–H and O–H groups in total. The summed E-state index contributed by atoms with van der Waals surface area (Å²) in [7, 11) is 0. The summed E-state index contributed by atoms with van der Waals surface area (Å²) in [5.41, 5.74) is 15.6. The summed E-state index contributed by atoms with van der Waals surface area (Å²) < 4.78 is 2.23. The molecular weight excluding hydrogens is 699 g/mol. The minimum atomic E-state index is 0.805. The monoisotopic (exact) mass is 731 g/mol. The second kappa shape index (κ2) is 14.7. The van der Waals surface area contributed by atoms with Gasteiger partial charge in [-0.25, -0.2) is 9.97 Å². The van der Waals surface area contributed by atoms with Gasteiger partial charge in [-0.3, -0.25) is 24.5 Å². The van der Waals surface area contributed by atoms with E-state index < -0.39 is 0 Å². The van der Waals surface area contributed by atoms with Gasteiger partial charge in [-0.2, -0.15) is 0 Å². The molecule has 4 aromatic carbocycles. The number of benzene rings is 4. The molecule has 0 aliphatic carbocycles. The largest absolute Gasteiger partial charge is 0.292 e. The van der Waals surface area contributed by atoms with Gasteiger partial charge in [0.1, 0.15) is 5.82 Å². The smallest absolute Gasteiger partial charge is 0.145 e. The van der Waals surface area contributed by atoms with Crippen LogP contribution in [0.5, 0.6) is 0 Å². The van der Waals surface area contributed by atoms with Crippen LogP contribution in [-0.2, 0) is 0 Å². The van der Waals surface area contributed by atoms with Gasteiger partial charge < -0.3 is 0 Å². The van der Waals surface area contributed by atoms with Crippen LogP contribution < -0.4 is 0 Å². The Morgan fingerprint density at radius 3 is 1.18 bits per heavy atom. The van der Waals surface area contributed by atoms with Gasteiger partial charge in [0.2, 0.25) is 0 Å². The maximum absolute atomic E-state index is 5.50. The van der Waals surface area contributed by atoms with Crippen LogP contribution in [0.25, 0.3) is 95.1 Å². The molecule has 0 aliphatic rings. The van der Waals surface area contributed by atoms with Crippen LogP contribution in [-0.4, -0.2) is 34.5 Å². The van der Waals surface area contributed by atoms with E-state index >= 15 is 0 Å². The lowest BCUT2D eigenvalue weighted by molar-refractivity contribution is 1.10. The Morgan fingerprint density at radius 2 is 0.737 bits per heavy atom. The lowest BCUT2D eigenvalue weighted by atomic mass is 9.94. The number of para-hydroxylation sites is 3. The summed E-state index contributed by atoms with van der Waals surface area (Å²) in [6.07, 6.45) is 14.8. The van der Waals surface area contributed by atoms with E-state index in [1.54, 1.807) is 24.8 Å². The van der Waals surface area contributed by atoms with Crippen molar-refractivity contribution in [3.63, 3.8) is 0 Å². The van der Waals surface area contributed by atoms with E-state index in [2.05, 4.69) is 140 Å². The first-order chi connectivity index (χ1) is 28.2. The highest BCUT2D eigenvalue weighted by molar-refractivity contribution is 5.88.